The number of halogens is 4. The summed E-state index contributed by atoms with van der Waals surface area (Å²) in [5, 5.41) is 10.0. The van der Waals surface area contributed by atoms with Crippen LogP contribution in [0.1, 0.15) is 36.2 Å². The fraction of sp³-hybridized carbons (Fsp3) is 0.280. The molecule has 3 heterocycles. The van der Waals surface area contributed by atoms with E-state index in [1.165, 1.54) is 23.0 Å². The maximum atomic E-state index is 13.6. The summed E-state index contributed by atoms with van der Waals surface area (Å²) >= 11 is 0. The summed E-state index contributed by atoms with van der Waals surface area (Å²) in [7, 11) is 0. The number of amides is 1. The zero-order valence-electron chi connectivity index (χ0n) is 20.2. The third-order valence-corrected chi connectivity index (χ3v) is 5.26. The van der Waals surface area contributed by atoms with E-state index < -0.39 is 25.0 Å². The highest BCUT2D eigenvalue weighted by Gasteiger charge is 2.26. The Morgan fingerprint density at radius 1 is 1.14 bits per heavy atom. The molecule has 0 saturated heterocycles. The molecule has 0 radical (unpaired) electrons. The molecule has 194 valence electrons. The van der Waals surface area contributed by atoms with Gasteiger partial charge in [-0.15, -0.1) is 5.10 Å². The molecule has 0 aliphatic heterocycles. The SMILES string of the molecule is Cc1cc(-c2cnc3c(NCCC(F)(F)F)cc(Oc4cncc(F)c4)nn23)ccc1C(=O)NC(C)C. The largest absolute Gasteiger partial charge is 0.436 e. The van der Waals surface area contributed by atoms with Crippen molar-refractivity contribution in [1.82, 2.24) is 24.9 Å². The smallest absolute Gasteiger partial charge is 0.390 e. The summed E-state index contributed by atoms with van der Waals surface area (Å²) < 4.78 is 58.8. The van der Waals surface area contributed by atoms with Gasteiger partial charge in [-0.1, -0.05) is 6.07 Å². The number of imidazole rings is 1. The molecule has 0 bridgehead atoms. The molecule has 0 aliphatic rings. The second-order valence-corrected chi connectivity index (χ2v) is 8.67. The Hall–Kier alpha value is -4.22. The Morgan fingerprint density at radius 3 is 2.59 bits per heavy atom. The number of fused-ring (bicyclic) bond motifs is 1. The van der Waals surface area contributed by atoms with Crippen molar-refractivity contribution in [2.45, 2.75) is 39.4 Å². The van der Waals surface area contributed by atoms with Gasteiger partial charge < -0.3 is 15.4 Å². The van der Waals surface area contributed by atoms with Crippen LogP contribution >= 0.6 is 0 Å². The van der Waals surface area contributed by atoms with Gasteiger partial charge in [-0.05, 0) is 38.5 Å². The van der Waals surface area contributed by atoms with Crippen LogP contribution < -0.4 is 15.4 Å². The van der Waals surface area contributed by atoms with Crippen molar-refractivity contribution < 1.29 is 27.1 Å². The highest BCUT2D eigenvalue weighted by Crippen LogP contribution is 2.30. The van der Waals surface area contributed by atoms with Gasteiger partial charge in [-0.2, -0.15) is 13.2 Å². The Labute approximate surface area is 209 Å². The molecule has 37 heavy (non-hydrogen) atoms. The molecular weight excluding hydrogens is 492 g/mol. The number of ether oxygens (including phenoxy) is 1. The quantitative estimate of drug-likeness (QED) is 0.299. The molecule has 0 fully saturated rings. The van der Waals surface area contributed by atoms with Crippen molar-refractivity contribution in [3.05, 3.63) is 65.9 Å². The first-order chi connectivity index (χ1) is 17.5. The van der Waals surface area contributed by atoms with Gasteiger partial charge in [0.05, 0.1) is 36.4 Å². The Morgan fingerprint density at radius 2 is 1.92 bits per heavy atom. The van der Waals surface area contributed by atoms with Crippen LogP contribution in [0.2, 0.25) is 0 Å². The van der Waals surface area contributed by atoms with Crippen molar-refractivity contribution in [2.24, 2.45) is 0 Å². The first kappa shape index (κ1) is 25.9. The first-order valence-corrected chi connectivity index (χ1v) is 11.4. The van der Waals surface area contributed by atoms with E-state index in [-0.39, 0.29) is 34.9 Å². The van der Waals surface area contributed by atoms with Gasteiger partial charge in [-0.3, -0.25) is 9.78 Å². The number of aromatic nitrogens is 4. The molecule has 1 amide bonds. The maximum absolute atomic E-state index is 13.6. The van der Waals surface area contributed by atoms with Crippen LogP contribution in [0.3, 0.4) is 0 Å². The fourth-order valence-corrected chi connectivity index (χ4v) is 3.65. The molecule has 0 spiro atoms. The van der Waals surface area contributed by atoms with Crippen LogP contribution in [0.25, 0.3) is 16.9 Å². The summed E-state index contributed by atoms with van der Waals surface area (Å²) in [5.74, 6) is -0.780. The number of alkyl halides is 3. The molecule has 3 aromatic heterocycles. The van der Waals surface area contributed by atoms with E-state index in [0.717, 1.165) is 12.3 Å². The van der Waals surface area contributed by atoms with Gasteiger partial charge >= 0.3 is 6.18 Å². The van der Waals surface area contributed by atoms with Crippen molar-refractivity contribution in [3.8, 4) is 22.9 Å². The lowest BCUT2D eigenvalue weighted by molar-refractivity contribution is -0.131. The molecule has 0 aliphatic carbocycles. The van der Waals surface area contributed by atoms with E-state index in [0.29, 0.717) is 22.4 Å². The van der Waals surface area contributed by atoms with Crippen molar-refractivity contribution in [3.63, 3.8) is 0 Å². The van der Waals surface area contributed by atoms with Crippen LogP contribution in [0.5, 0.6) is 11.6 Å². The summed E-state index contributed by atoms with van der Waals surface area (Å²) in [6.07, 6.45) is -1.59. The minimum atomic E-state index is -4.34. The number of hydrogen-bond donors (Lipinski definition) is 2. The monoisotopic (exact) mass is 516 g/mol. The summed E-state index contributed by atoms with van der Waals surface area (Å²) in [6, 6.07) is 7.68. The lowest BCUT2D eigenvalue weighted by atomic mass is 10.0. The lowest BCUT2D eigenvalue weighted by Gasteiger charge is -2.13. The lowest BCUT2D eigenvalue weighted by Crippen LogP contribution is -2.30. The van der Waals surface area contributed by atoms with Gasteiger partial charge in [0, 0.05) is 35.8 Å². The second kappa shape index (κ2) is 10.4. The van der Waals surface area contributed by atoms with Gasteiger partial charge in [-0.25, -0.2) is 13.9 Å². The predicted molar refractivity (Wildman–Crippen MR) is 129 cm³/mol. The average molecular weight is 516 g/mol. The van der Waals surface area contributed by atoms with E-state index >= 15 is 0 Å². The van der Waals surface area contributed by atoms with Crippen LogP contribution in [0.15, 0.2) is 48.9 Å². The number of rotatable bonds is 8. The van der Waals surface area contributed by atoms with Gasteiger partial charge in [0.2, 0.25) is 5.88 Å². The minimum Gasteiger partial charge on any atom is -0.436 e. The van der Waals surface area contributed by atoms with E-state index in [2.05, 4.69) is 25.7 Å². The highest BCUT2D eigenvalue weighted by molar-refractivity contribution is 5.96. The van der Waals surface area contributed by atoms with Crippen molar-refractivity contribution in [2.75, 3.05) is 11.9 Å². The number of carbonyl (C=O) groups excluding carboxylic acids is 1. The number of carbonyl (C=O) groups is 1. The maximum Gasteiger partial charge on any atom is 0.390 e. The van der Waals surface area contributed by atoms with Crippen molar-refractivity contribution in [1.29, 1.82) is 0 Å². The predicted octanol–water partition coefficient (Wildman–Crippen LogP) is 5.53. The van der Waals surface area contributed by atoms with E-state index in [9.17, 15) is 22.4 Å². The highest BCUT2D eigenvalue weighted by atomic mass is 19.4. The molecule has 12 heteroatoms. The zero-order chi connectivity index (χ0) is 26.7. The molecule has 8 nitrogen and oxygen atoms in total. The van der Waals surface area contributed by atoms with E-state index in [4.69, 9.17) is 4.74 Å². The second-order valence-electron chi connectivity index (χ2n) is 8.67. The summed E-state index contributed by atoms with van der Waals surface area (Å²) in [6.45, 7) is 5.13. The number of nitrogens with zero attached hydrogens (tertiary/aromatic N) is 4. The number of benzene rings is 1. The topological polar surface area (TPSA) is 93.4 Å². The summed E-state index contributed by atoms with van der Waals surface area (Å²) in [5.41, 5.74) is 2.92. The molecule has 0 saturated carbocycles. The molecule has 0 atom stereocenters. The Bertz CT molecular complexity index is 1430. The minimum absolute atomic E-state index is 0.0155. The number of aryl methyl sites for hydroxylation is 1. The standard InChI is InChI=1S/C25H24F4N6O2/c1-14(2)33-24(36)19-5-4-16(8-15(19)3)21-13-32-23-20(31-7-6-25(27,28)29)10-22(34-35(21)23)37-18-9-17(26)11-30-12-18/h4-5,8-14,31H,6-7H2,1-3H3,(H,33,36). The van der Waals surface area contributed by atoms with Crippen molar-refractivity contribution >= 4 is 17.2 Å². The van der Waals surface area contributed by atoms with Crippen LogP contribution in [-0.4, -0.2) is 44.3 Å². The van der Waals surface area contributed by atoms with E-state index in [1.54, 1.807) is 25.1 Å². The summed E-state index contributed by atoms with van der Waals surface area (Å²) in [4.78, 5) is 20.5. The molecular formula is C25H24F4N6O2. The Balaban J connectivity index is 1.74. The molecule has 0 unspecified atom stereocenters. The number of pyridine rings is 1. The number of hydrogen-bond acceptors (Lipinski definition) is 6. The zero-order valence-corrected chi connectivity index (χ0v) is 20.2. The number of anilines is 1. The van der Waals surface area contributed by atoms with Gasteiger partial charge in [0.25, 0.3) is 5.91 Å². The first-order valence-electron chi connectivity index (χ1n) is 11.4. The van der Waals surface area contributed by atoms with E-state index in [1.807, 2.05) is 13.8 Å². The Kier molecular flexibility index (Phi) is 7.28. The van der Waals surface area contributed by atoms with Crippen LogP contribution in [0.4, 0.5) is 23.2 Å². The van der Waals surface area contributed by atoms with Gasteiger partial charge in [0.1, 0.15) is 5.82 Å². The third-order valence-electron chi connectivity index (χ3n) is 5.26. The molecule has 1 aromatic carbocycles. The molecule has 4 rings (SSSR count). The van der Waals surface area contributed by atoms with Crippen LogP contribution in [-0.2, 0) is 0 Å². The normalized spacial score (nSPS) is 11.7. The molecule has 4 aromatic rings. The number of nitrogens with one attached hydrogen (secondary N) is 2. The molecule has 2 N–H and O–H groups in total. The third kappa shape index (κ3) is 6.32. The van der Waals surface area contributed by atoms with Gasteiger partial charge in [0.15, 0.2) is 11.4 Å². The van der Waals surface area contributed by atoms with Crippen LogP contribution in [0, 0.1) is 12.7 Å². The fourth-order valence-electron chi connectivity index (χ4n) is 3.65. The average Bonchev–Trinajstić information content (AvgIpc) is 3.22.